The molecule has 0 spiro atoms. The number of benzene rings is 1. The zero-order valence-corrected chi connectivity index (χ0v) is 11.7. The van der Waals surface area contributed by atoms with Crippen molar-refractivity contribution in [2.75, 3.05) is 5.84 Å². The summed E-state index contributed by atoms with van der Waals surface area (Å²) in [5, 5.41) is 8.09. The molecule has 0 radical (unpaired) electrons. The SMILES string of the molecule is Nn1c(SCc2c(Cl)cccc2Cl)nnc1C(F)F. The van der Waals surface area contributed by atoms with E-state index in [2.05, 4.69) is 10.2 Å². The normalized spacial score (nSPS) is 11.2. The van der Waals surface area contributed by atoms with Gasteiger partial charge in [0, 0.05) is 15.8 Å². The van der Waals surface area contributed by atoms with E-state index in [9.17, 15) is 8.78 Å². The summed E-state index contributed by atoms with van der Waals surface area (Å²) >= 11 is 13.1. The third kappa shape index (κ3) is 3.10. The molecule has 0 amide bonds. The highest BCUT2D eigenvalue weighted by Crippen LogP contribution is 2.31. The van der Waals surface area contributed by atoms with Crippen molar-refractivity contribution in [1.29, 1.82) is 0 Å². The quantitative estimate of drug-likeness (QED) is 0.690. The second kappa shape index (κ2) is 5.94. The van der Waals surface area contributed by atoms with E-state index in [4.69, 9.17) is 29.0 Å². The first-order chi connectivity index (χ1) is 9.00. The van der Waals surface area contributed by atoms with Crippen molar-refractivity contribution < 1.29 is 8.78 Å². The third-order valence-electron chi connectivity index (χ3n) is 2.29. The number of hydrogen-bond acceptors (Lipinski definition) is 4. The fourth-order valence-corrected chi connectivity index (χ4v) is 2.95. The largest absolute Gasteiger partial charge is 0.335 e. The lowest BCUT2D eigenvalue weighted by Gasteiger charge is -2.06. The van der Waals surface area contributed by atoms with Gasteiger partial charge in [-0.05, 0) is 17.7 Å². The maximum atomic E-state index is 12.5. The first-order valence-electron chi connectivity index (χ1n) is 5.05. The average Bonchev–Trinajstić information content (AvgIpc) is 2.70. The molecule has 9 heteroatoms. The maximum absolute atomic E-state index is 12.5. The van der Waals surface area contributed by atoms with Gasteiger partial charge in [-0.15, -0.1) is 10.2 Å². The molecule has 4 nitrogen and oxygen atoms in total. The summed E-state index contributed by atoms with van der Waals surface area (Å²) in [6.45, 7) is 0. The van der Waals surface area contributed by atoms with Gasteiger partial charge in [-0.3, -0.25) is 0 Å². The Kier molecular flexibility index (Phi) is 4.49. The van der Waals surface area contributed by atoms with Gasteiger partial charge < -0.3 is 5.84 Å². The molecule has 2 N–H and O–H groups in total. The van der Waals surface area contributed by atoms with Crippen LogP contribution in [0.2, 0.25) is 10.0 Å². The molecule has 102 valence electrons. The van der Waals surface area contributed by atoms with E-state index in [1.807, 2.05) is 0 Å². The van der Waals surface area contributed by atoms with Crippen LogP contribution in [0.4, 0.5) is 8.78 Å². The second-order valence-corrected chi connectivity index (χ2v) is 5.26. The molecular weight excluding hydrogens is 317 g/mol. The molecule has 0 aliphatic carbocycles. The van der Waals surface area contributed by atoms with Crippen LogP contribution in [0.3, 0.4) is 0 Å². The molecule has 1 aromatic heterocycles. The first kappa shape index (κ1) is 14.4. The van der Waals surface area contributed by atoms with E-state index in [-0.39, 0.29) is 5.16 Å². The number of hydrogen-bond donors (Lipinski definition) is 1. The van der Waals surface area contributed by atoms with Gasteiger partial charge in [-0.25, -0.2) is 13.5 Å². The van der Waals surface area contributed by atoms with Crippen LogP contribution in [-0.4, -0.2) is 14.9 Å². The van der Waals surface area contributed by atoms with Crippen LogP contribution < -0.4 is 5.84 Å². The van der Waals surface area contributed by atoms with Gasteiger partial charge in [0.2, 0.25) is 11.0 Å². The second-order valence-electron chi connectivity index (χ2n) is 3.50. The molecular formula is C10H8Cl2F2N4S. The summed E-state index contributed by atoms with van der Waals surface area (Å²) in [7, 11) is 0. The standard InChI is InChI=1S/C10H8Cl2F2N4S/c11-6-2-1-3-7(12)5(6)4-19-10-17-16-9(8(13)14)18(10)15/h1-3,8H,4,15H2. The lowest BCUT2D eigenvalue weighted by atomic mass is 10.2. The summed E-state index contributed by atoms with van der Waals surface area (Å²) in [5.74, 6) is 5.25. The maximum Gasteiger partial charge on any atom is 0.299 e. The van der Waals surface area contributed by atoms with Crippen LogP contribution in [0.1, 0.15) is 17.8 Å². The van der Waals surface area contributed by atoms with Crippen molar-refractivity contribution in [2.24, 2.45) is 0 Å². The number of thioether (sulfide) groups is 1. The first-order valence-corrected chi connectivity index (χ1v) is 6.79. The molecule has 2 rings (SSSR count). The molecule has 2 aromatic rings. The highest BCUT2D eigenvalue weighted by Gasteiger charge is 2.19. The van der Waals surface area contributed by atoms with Gasteiger partial charge >= 0.3 is 0 Å². The zero-order valence-electron chi connectivity index (χ0n) is 9.36. The topological polar surface area (TPSA) is 56.7 Å². The highest BCUT2D eigenvalue weighted by molar-refractivity contribution is 7.98. The summed E-state index contributed by atoms with van der Waals surface area (Å²) in [4.78, 5) is 0. The Morgan fingerprint density at radius 1 is 1.26 bits per heavy atom. The molecule has 0 aliphatic heterocycles. The van der Waals surface area contributed by atoms with Crippen LogP contribution in [-0.2, 0) is 5.75 Å². The summed E-state index contributed by atoms with van der Waals surface area (Å²) in [6.07, 6.45) is -2.77. The van der Waals surface area contributed by atoms with Crippen molar-refractivity contribution in [3.05, 3.63) is 39.6 Å². The van der Waals surface area contributed by atoms with Crippen molar-refractivity contribution in [3.8, 4) is 0 Å². The molecule has 0 bridgehead atoms. The fraction of sp³-hybridized carbons (Fsp3) is 0.200. The average molecular weight is 325 g/mol. The van der Waals surface area contributed by atoms with Crippen LogP contribution in [0.15, 0.2) is 23.4 Å². The van der Waals surface area contributed by atoms with E-state index in [0.717, 1.165) is 16.4 Å². The van der Waals surface area contributed by atoms with Crippen molar-refractivity contribution in [3.63, 3.8) is 0 Å². The number of halogens is 4. The van der Waals surface area contributed by atoms with Crippen molar-refractivity contribution >= 4 is 35.0 Å². The molecule has 0 saturated carbocycles. The van der Waals surface area contributed by atoms with Gasteiger partial charge in [-0.1, -0.05) is 41.0 Å². The summed E-state index contributed by atoms with van der Waals surface area (Å²) in [5.41, 5.74) is 0.692. The Balaban J connectivity index is 2.15. The Morgan fingerprint density at radius 2 is 1.89 bits per heavy atom. The summed E-state index contributed by atoms with van der Waals surface area (Å²) < 4.78 is 25.7. The molecule has 0 fully saturated rings. The predicted octanol–water partition coefficient (Wildman–Crippen LogP) is 3.53. The Hall–Kier alpha value is -1.05. The molecule has 19 heavy (non-hydrogen) atoms. The smallest absolute Gasteiger partial charge is 0.299 e. The van der Waals surface area contributed by atoms with Gasteiger partial charge in [0.1, 0.15) is 0 Å². The Labute approximate surface area is 121 Å². The van der Waals surface area contributed by atoms with Gasteiger partial charge in [-0.2, -0.15) is 0 Å². The molecule has 1 aromatic carbocycles. The monoisotopic (exact) mass is 324 g/mol. The van der Waals surface area contributed by atoms with Crippen molar-refractivity contribution in [2.45, 2.75) is 17.3 Å². The number of aromatic nitrogens is 3. The van der Waals surface area contributed by atoms with Crippen LogP contribution >= 0.6 is 35.0 Å². The lowest BCUT2D eigenvalue weighted by Crippen LogP contribution is -2.14. The Bertz CT molecular complexity index is 571. The molecule has 1 heterocycles. The molecule has 0 atom stereocenters. The summed E-state index contributed by atoms with van der Waals surface area (Å²) in [6, 6.07) is 5.11. The highest BCUT2D eigenvalue weighted by atomic mass is 35.5. The number of nitrogen functional groups attached to an aromatic ring is 1. The minimum Gasteiger partial charge on any atom is -0.335 e. The van der Waals surface area contributed by atoms with Crippen LogP contribution in [0, 0.1) is 0 Å². The van der Waals surface area contributed by atoms with Gasteiger partial charge in [0.15, 0.2) is 0 Å². The number of alkyl halides is 2. The van der Waals surface area contributed by atoms with Crippen LogP contribution in [0.5, 0.6) is 0 Å². The number of nitrogens with zero attached hydrogens (tertiary/aromatic N) is 3. The van der Waals surface area contributed by atoms with E-state index in [1.54, 1.807) is 18.2 Å². The third-order valence-corrected chi connectivity index (χ3v) is 3.97. The minimum absolute atomic E-state index is 0.172. The molecule has 0 saturated heterocycles. The minimum atomic E-state index is -2.77. The van der Waals surface area contributed by atoms with E-state index < -0.39 is 12.2 Å². The van der Waals surface area contributed by atoms with Crippen LogP contribution in [0.25, 0.3) is 0 Å². The fourth-order valence-electron chi connectivity index (χ4n) is 1.34. The van der Waals surface area contributed by atoms with E-state index in [0.29, 0.717) is 21.4 Å². The lowest BCUT2D eigenvalue weighted by molar-refractivity contribution is 0.136. The van der Waals surface area contributed by atoms with Crippen molar-refractivity contribution in [1.82, 2.24) is 14.9 Å². The zero-order chi connectivity index (χ0) is 14.0. The van der Waals surface area contributed by atoms with E-state index >= 15 is 0 Å². The van der Waals surface area contributed by atoms with Gasteiger partial charge in [0.05, 0.1) is 0 Å². The predicted molar refractivity (Wildman–Crippen MR) is 71.2 cm³/mol. The van der Waals surface area contributed by atoms with E-state index in [1.165, 1.54) is 0 Å². The number of nitrogens with two attached hydrogens (primary N) is 1. The molecule has 0 aliphatic rings. The van der Waals surface area contributed by atoms with Gasteiger partial charge in [0.25, 0.3) is 6.43 Å². The Morgan fingerprint density at radius 3 is 2.42 bits per heavy atom. The number of rotatable bonds is 4. The molecule has 0 unspecified atom stereocenters.